The molecule has 0 amide bonds. The summed E-state index contributed by atoms with van der Waals surface area (Å²) < 4.78 is 6.76. The normalized spacial score (nSPS) is 13.5. The van der Waals surface area contributed by atoms with Gasteiger partial charge >= 0.3 is 0 Å². The van der Waals surface area contributed by atoms with Crippen molar-refractivity contribution >= 4 is 27.4 Å². The van der Waals surface area contributed by atoms with Crippen LogP contribution in [0.3, 0.4) is 0 Å². The molecular formula is C17H16BrNO2. The van der Waals surface area contributed by atoms with Crippen molar-refractivity contribution in [1.82, 2.24) is 0 Å². The van der Waals surface area contributed by atoms with Crippen molar-refractivity contribution in [2.75, 3.05) is 18.1 Å². The predicted octanol–water partition coefficient (Wildman–Crippen LogP) is 4.05. The van der Waals surface area contributed by atoms with Gasteiger partial charge in [-0.15, -0.1) is 0 Å². The maximum atomic E-state index is 11.6. The highest BCUT2D eigenvalue weighted by Crippen LogP contribution is 2.33. The van der Waals surface area contributed by atoms with Gasteiger partial charge in [0.1, 0.15) is 12.4 Å². The number of Topliss-reactive ketones (excluding diaryl/α,β-unsaturated/α-hetero) is 1. The van der Waals surface area contributed by atoms with E-state index in [1.54, 1.807) is 6.92 Å². The van der Waals surface area contributed by atoms with Crippen molar-refractivity contribution in [3.05, 3.63) is 58.1 Å². The summed E-state index contributed by atoms with van der Waals surface area (Å²) in [5.41, 5.74) is 2.95. The Balaban J connectivity index is 1.90. The number of carbonyl (C=O) groups is 1. The van der Waals surface area contributed by atoms with Gasteiger partial charge in [-0.05, 0) is 42.8 Å². The molecule has 0 saturated carbocycles. The molecule has 0 saturated heterocycles. The largest absolute Gasteiger partial charge is 0.490 e. The van der Waals surface area contributed by atoms with Crippen LogP contribution in [0.15, 0.2) is 46.9 Å². The van der Waals surface area contributed by atoms with E-state index in [4.69, 9.17) is 4.74 Å². The van der Waals surface area contributed by atoms with Gasteiger partial charge in [0.2, 0.25) is 0 Å². The SMILES string of the molecule is CC(=O)c1ccc2c(c1)N(Cc1ccc(Br)cc1)CCO2. The highest BCUT2D eigenvalue weighted by Gasteiger charge is 2.19. The van der Waals surface area contributed by atoms with E-state index >= 15 is 0 Å². The first-order valence-electron chi connectivity index (χ1n) is 6.90. The molecule has 4 heteroatoms. The maximum absolute atomic E-state index is 11.6. The summed E-state index contributed by atoms with van der Waals surface area (Å²) in [5, 5.41) is 0. The first kappa shape index (κ1) is 14.1. The molecule has 0 bridgehead atoms. The van der Waals surface area contributed by atoms with Crippen LogP contribution in [-0.2, 0) is 6.54 Å². The highest BCUT2D eigenvalue weighted by atomic mass is 79.9. The van der Waals surface area contributed by atoms with Crippen molar-refractivity contribution in [2.45, 2.75) is 13.5 Å². The zero-order chi connectivity index (χ0) is 14.8. The Morgan fingerprint density at radius 2 is 2.00 bits per heavy atom. The van der Waals surface area contributed by atoms with E-state index < -0.39 is 0 Å². The molecule has 0 aromatic heterocycles. The Kier molecular flexibility index (Phi) is 3.97. The Hall–Kier alpha value is -1.81. The maximum Gasteiger partial charge on any atom is 0.159 e. The lowest BCUT2D eigenvalue weighted by atomic mass is 10.1. The number of anilines is 1. The van der Waals surface area contributed by atoms with Crippen molar-refractivity contribution in [2.24, 2.45) is 0 Å². The Morgan fingerprint density at radius 3 is 2.71 bits per heavy atom. The van der Waals surface area contributed by atoms with Crippen LogP contribution in [0, 0.1) is 0 Å². The molecule has 1 aliphatic heterocycles. The lowest BCUT2D eigenvalue weighted by molar-refractivity contribution is 0.101. The summed E-state index contributed by atoms with van der Waals surface area (Å²) in [6.07, 6.45) is 0. The van der Waals surface area contributed by atoms with Crippen LogP contribution in [0.2, 0.25) is 0 Å². The first-order chi connectivity index (χ1) is 10.1. The standard InChI is InChI=1S/C17H16BrNO2/c1-12(20)14-4-7-17-16(10-14)19(8-9-21-17)11-13-2-5-15(18)6-3-13/h2-7,10H,8-9,11H2,1H3. The van der Waals surface area contributed by atoms with Crippen LogP contribution in [0.4, 0.5) is 5.69 Å². The lowest BCUT2D eigenvalue weighted by Gasteiger charge is -2.31. The molecule has 1 aliphatic rings. The van der Waals surface area contributed by atoms with Gasteiger partial charge in [0.15, 0.2) is 5.78 Å². The molecule has 2 aromatic carbocycles. The number of nitrogens with zero attached hydrogens (tertiary/aromatic N) is 1. The number of rotatable bonds is 3. The van der Waals surface area contributed by atoms with Crippen LogP contribution in [-0.4, -0.2) is 18.9 Å². The van der Waals surface area contributed by atoms with Crippen molar-refractivity contribution < 1.29 is 9.53 Å². The average molecular weight is 346 g/mol. The Bertz CT molecular complexity index is 667. The minimum Gasteiger partial charge on any atom is -0.490 e. The molecule has 0 radical (unpaired) electrons. The smallest absolute Gasteiger partial charge is 0.159 e. The second-order valence-electron chi connectivity index (χ2n) is 5.14. The summed E-state index contributed by atoms with van der Waals surface area (Å²) in [6.45, 7) is 3.89. The predicted molar refractivity (Wildman–Crippen MR) is 87.1 cm³/mol. The number of carbonyl (C=O) groups excluding carboxylic acids is 1. The minimum atomic E-state index is 0.0759. The van der Waals surface area contributed by atoms with Gasteiger partial charge in [-0.2, -0.15) is 0 Å². The third-order valence-corrected chi connectivity index (χ3v) is 4.14. The van der Waals surface area contributed by atoms with Gasteiger partial charge in [-0.1, -0.05) is 28.1 Å². The van der Waals surface area contributed by atoms with Gasteiger partial charge in [-0.25, -0.2) is 0 Å². The van der Waals surface area contributed by atoms with Crippen LogP contribution in [0.25, 0.3) is 0 Å². The van der Waals surface area contributed by atoms with Gasteiger partial charge in [0, 0.05) is 16.6 Å². The second kappa shape index (κ2) is 5.90. The molecule has 2 aromatic rings. The lowest BCUT2D eigenvalue weighted by Crippen LogP contribution is -2.32. The molecule has 0 atom stereocenters. The summed E-state index contributed by atoms with van der Waals surface area (Å²) in [6, 6.07) is 13.9. The summed E-state index contributed by atoms with van der Waals surface area (Å²) in [7, 11) is 0. The van der Waals surface area contributed by atoms with E-state index in [2.05, 4.69) is 33.0 Å². The van der Waals surface area contributed by atoms with E-state index in [1.807, 2.05) is 30.3 Å². The van der Waals surface area contributed by atoms with Crippen molar-refractivity contribution in [1.29, 1.82) is 0 Å². The molecule has 0 spiro atoms. The van der Waals surface area contributed by atoms with E-state index in [0.29, 0.717) is 6.61 Å². The topological polar surface area (TPSA) is 29.5 Å². The summed E-state index contributed by atoms with van der Waals surface area (Å²) in [5.74, 6) is 0.926. The monoisotopic (exact) mass is 345 g/mol. The molecule has 3 rings (SSSR count). The molecular weight excluding hydrogens is 330 g/mol. The van der Waals surface area contributed by atoms with Crippen LogP contribution >= 0.6 is 15.9 Å². The van der Waals surface area contributed by atoms with E-state index in [1.165, 1.54) is 5.56 Å². The number of ether oxygens (including phenoxy) is 1. The quantitative estimate of drug-likeness (QED) is 0.786. The number of hydrogen-bond acceptors (Lipinski definition) is 3. The van der Waals surface area contributed by atoms with E-state index in [9.17, 15) is 4.79 Å². The molecule has 0 N–H and O–H groups in total. The van der Waals surface area contributed by atoms with Crippen molar-refractivity contribution in [3.8, 4) is 5.75 Å². The third-order valence-electron chi connectivity index (χ3n) is 3.61. The zero-order valence-corrected chi connectivity index (χ0v) is 13.4. The molecule has 0 fully saturated rings. The molecule has 108 valence electrons. The van der Waals surface area contributed by atoms with E-state index in [-0.39, 0.29) is 5.78 Å². The van der Waals surface area contributed by atoms with Gasteiger partial charge in [-0.3, -0.25) is 4.79 Å². The number of benzene rings is 2. The minimum absolute atomic E-state index is 0.0759. The van der Waals surface area contributed by atoms with Gasteiger partial charge in [0.05, 0.1) is 12.2 Å². The number of hydrogen-bond donors (Lipinski definition) is 0. The van der Waals surface area contributed by atoms with Gasteiger partial charge in [0.25, 0.3) is 0 Å². The number of halogens is 1. The summed E-state index contributed by atoms with van der Waals surface area (Å²) >= 11 is 3.45. The number of fused-ring (bicyclic) bond motifs is 1. The second-order valence-corrected chi connectivity index (χ2v) is 6.05. The zero-order valence-electron chi connectivity index (χ0n) is 11.8. The highest BCUT2D eigenvalue weighted by molar-refractivity contribution is 9.10. The average Bonchev–Trinajstić information content (AvgIpc) is 2.49. The fraction of sp³-hybridized carbons (Fsp3) is 0.235. The third kappa shape index (κ3) is 3.10. The fourth-order valence-electron chi connectivity index (χ4n) is 2.47. The van der Waals surface area contributed by atoms with Crippen molar-refractivity contribution in [3.63, 3.8) is 0 Å². The van der Waals surface area contributed by atoms with E-state index in [0.717, 1.165) is 34.6 Å². The fourth-order valence-corrected chi connectivity index (χ4v) is 2.73. The molecule has 1 heterocycles. The summed E-state index contributed by atoms with van der Waals surface area (Å²) in [4.78, 5) is 13.8. The molecule has 0 aliphatic carbocycles. The van der Waals surface area contributed by atoms with Crippen LogP contribution in [0.1, 0.15) is 22.8 Å². The number of ketones is 1. The Labute approximate surface area is 132 Å². The van der Waals surface area contributed by atoms with Crippen LogP contribution < -0.4 is 9.64 Å². The Morgan fingerprint density at radius 1 is 1.24 bits per heavy atom. The van der Waals surface area contributed by atoms with Crippen LogP contribution in [0.5, 0.6) is 5.75 Å². The molecule has 0 unspecified atom stereocenters. The first-order valence-corrected chi connectivity index (χ1v) is 7.70. The van der Waals surface area contributed by atoms with Gasteiger partial charge < -0.3 is 9.64 Å². The molecule has 21 heavy (non-hydrogen) atoms. The molecule has 3 nitrogen and oxygen atoms in total.